The molecule has 1 aromatic carbocycles. The van der Waals surface area contributed by atoms with Crippen LogP contribution in [0.2, 0.25) is 0 Å². The Kier molecular flexibility index (Phi) is 2.70. The highest BCUT2D eigenvalue weighted by atomic mass is 16.5. The van der Waals surface area contributed by atoms with Gasteiger partial charge in [0.25, 0.3) is 0 Å². The number of imidazole rings is 1. The van der Waals surface area contributed by atoms with Crippen molar-refractivity contribution in [3.63, 3.8) is 0 Å². The minimum atomic E-state index is -0.137. The number of fused-ring (bicyclic) bond motifs is 1. The van der Waals surface area contributed by atoms with Gasteiger partial charge in [0.05, 0.1) is 11.0 Å². The molecule has 1 aromatic heterocycles. The fraction of sp³-hybridized carbons (Fsp3) is 0.364. The highest BCUT2D eigenvalue weighted by Crippen LogP contribution is 2.20. The monoisotopic (exact) mass is 205 g/mol. The molecule has 0 radical (unpaired) electrons. The van der Waals surface area contributed by atoms with Crippen LogP contribution >= 0.6 is 0 Å². The highest BCUT2D eigenvalue weighted by molar-refractivity contribution is 5.75. The fourth-order valence-electron chi connectivity index (χ4n) is 1.76. The Labute approximate surface area is 88.7 Å². The van der Waals surface area contributed by atoms with E-state index in [4.69, 9.17) is 10.5 Å². The molecule has 2 aromatic rings. The predicted octanol–water partition coefficient (Wildman–Crippen LogP) is 1.22. The molecule has 4 heteroatoms. The quantitative estimate of drug-likeness (QED) is 0.819. The van der Waals surface area contributed by atoms with Crippen LogP contribution in [0, 0.1) is 0 Å². The molecular weight excluding hydrogens is 190 g/mol. The van der Waals surface area contributed by atoms with Crippen molar-refractivity contribution in [2.45, 2.75) is 6.10 Å². The molecule has 0 fully saturated rings. The van der Waals surface area contributed by atoms with Crippen LogP contribution < -0.4 is 5.73 Å². The molecule has 0 saturated carbocycles. The number of benzene rings is 1. The third kappa shape index (κ3) is 1.62. The Morgan fingerprint density at radius 3 is 2.80 bits per heavy atom. The molecule has 2 rings (SSSR count). The summed E-state index contributed by atoms with van der Waals surface area (Å²) in [6.07, 6.45) is -0.137. The molecule has 0 aliphatic rings. The predicted molar refractivity (Wildman–Crippen MR) is 59.5 cm³/mol. The lowest BCUT2D eigenvalue weighted by atomic mass is 10.3. The van der Waals surface area contributed by atoms with E-state index in [0.29, 0.717) is 6.54 Å². The minimum Gasteiger partial charge on any atom is -0.372 e. The standard InChI is InChI=1S/C11H15N3O/c1-14-9-6-4-3-5-8(9)13-11(14)10(7-12)15-2/h3-6,10H,7,12H2,1-2H3. The van der Waals surface area contributed by atoms with E-state index in [0.717, 1.165) is 16.9 Å². The molecule has 2 N–H and O–H groups in total. The smallest absolute Gasteiger partial charge is 0.140 e. The van der Waals surface area contributed by atoms with Gasteiger partial charge in [-0.1, -0.05) is 12.1 Å². The van der Waals surface area contributed by atoms with E-state index in [9.17, 15) is 0 Å². The minimum absolute atomic E-state index is 0.137. The number of nitrogens with two attached hydrogens (primary N) is 1. The lowest BCUT2D eigenvalue weighted by Crippen LogP contribution is -2.17. The molecule has 80 valence electrons. The molecule has 0 aliphatic heterocycles. The second-order valence-electron chi connectivity index (χ2n) is 3.48. The lowest BCUT2D eigenvalue weighted by Gasteiger charge is -2.12. The first-order chi connectivity index (χ1) is 7.27. The van der Waals surface area contributed by atoms with E-state index in [1.54, 1.807) is 7.11 Å². The van der Waals surface area contributed by atoms with Crippen LogP contribution in [0.1, 0.15) is 11.9 Å². The molecule has 4 nitrogen and oxygen atoms in total. The van der Waals surface area contributed by atoms with Gasteiger partial charge < -0.3 is 15.0 Å². The third-order valence-electron chi connectivity index (χ3n) is 2.61. The number of ether oxygens (including phenoxy) is 1. The zero-order valence-electron chi connectivity index (χ0n) is 8.97. The first kappa shape index (κ1) is 10.1. The maximum absolute atomic E-state index is 5.63. The van der Waals surface area contributed by atoms with E-state index in [1.807, 2.05) is 35.9 Å². The Hall–Kier alpha value is -1.39. The van der Waals surface area contributed by atoms with E-state index in [1.165, 1.54) is 0 Å². The number of nitrogens with zero attached hydrogens (tertiary/aromatic N) is 2. The van der Waals surface area contributed by atoms with Gasteiger partial charge in [-0.3, -0.25) is 0 Å². The molecule has 0 aliphatic carbocycles. The molecule has 1 atom stereocenters. The molecule has 0 spiro atoms. The van der Waals surface area contributed by atoms with Gasteiger partial charge in [0.2, 0.25) is 0 Å². The Morgan fingerprint density at radius 2 is 2.20 bits per heavy atom. The van der Waals surface area contributed by atoms with Crippen molar-refractivity contribution in [3.8, 4) is 0 Å². The largest absolute Gasteiger partial charge is 0.372 e. The van der Waals surface area contributed by atoms with Crippen LogP contribution in [0.3, 0.4) is 0 Å². The van der Waals surface area contributed by atoms with E-state index in [-0.39, 0.29) is 6.10 Å². The number of hydrogen-bond donors (Lipinski definition) is 1. The summed E-state index contributed by atoms with van der Waals surface area (Å²) in [5, 5.41) is 0. The average Bonchev–Trinajstić information content (AvgIpc) is 2.60. The summed E-state index contributed by atoms with van der Waals surface area (Å²) in [4.78, 5) is 4.51. The van der Waals surface area contributed by atoms with E-state index in [2.05, 4.69) is 4.98 Å². The van der Waals surface area contributed by atoms with Crippen LogP contribution in [0.4, 0.5) is 0 Å². The SMILES string of the molecule is COC(CN)c1nc2ccccc2n1C. The summed E-state index contributed by atoms with van der Waals surface area (Å²) in [5.74, 6) is 0.876. The van der Waals surface area contributed by atoms with E-state index >= 15 is 0 Å². The normalized spacial score (nSPS) is 13.3. The maximum Gasteiger partial charge on any atom is 0.140 e. The number of aryl methyl sites for hydroxylation is 1. The molecule has 0 amide bonds. The summed E-state index contributed by atoms with van der Waals surface area (Å²) in [5.41, 5.74) is 7.71. The van der Waals surface area contributed by atoms with Crippen molar-refractivity contribution in [1.82, 2.24) is 9.55 Å². The molecule has 15 heavy (non-hydrogen) atoms. The Balaban J connectivity index is 2.57. The molecular formula is C11H15N3O. The topological polar surface area (TPSA) is 53.1 Å². The lowest BCUT2D eigenvalue weighted by molar-refractivity contribution is 0.101. The number of para-hydroxylation sites is 2. The first-order valence-corrected chi connectivity index (χ1v) is 4.92. The number of hydrogen-bond acceptors (Lipinski definition) is 3. The third-order valence-corrected chi connectivity index (χ3v) is 2.61. The van der Waals surface area contributed by atoms with Gasteiger partial charge in [-0.2, -0.15) is 0 Å². The Morgan fingerprint density at radius 1 is 1.47 bits per heavy atom. The number of rotatable bonds is 3. The van der Waals surface area contributed by atoms with Gasteiger partial charge in [-0.05, 0) is 12.1 Å². The van der Waals surface area contributed by atoms with Gasteiger partial charge in [-0.15, -0.1) is 0 Å². The average molecular weight is 205 g/mol. The van der Waals surface area contributed by atoms with Crippen LogP contribution in [0.5, 0.6) is 0 Å². The van der Waals surface area contributed by atoms with Crippen LogP contribution in [0.25, 0.3) is 11.0 Å². The number of methoxy groups -OCH3 is 1. The maximum atomic E-state index is 5.63. The van der Waals surface area contributed by atoms with Gasteiger partial charge in [-0.25, -0.2) is 4.98 Å². The van der Waals surface area contributed by atoms with E-state index < -0.39 is 0 Å². The molecule has 0 bridgehead atoms. The fourth-order valence-corrected chi connectivity index (χ4v) is 1.76. The van der Waals surface area contributed by atoms with Crippen molar-refractivity contribution >= 4 is 11.0 Å². The van der Waals surface area contributed by atoms with Crippen molar-refractivity contribution in [2.75, 3.05) is 13.7 Å². The summed E-state index contributed by atoms with van der Waals surface area (Å²) >= 11 is 0. The molecule has 1 unspecified atom stereocenters. The molecule has 0 saturated heterocycles. The summed E-state index contributed by atoms with van der Waals surface area (Å²) in [6, 6.07) is 8.00. The van der Waals surface area contributed by atoms with Gasteiger partial charge >= 0.3 is 0 Å². The van der Waals surface area contributed by atoms with Crippen molar-refractivity contribution in [3.05, 3.63) is 30.1 Å². The zero-order valence-corrected chi connectivity index (χ0v) is 8.97. The van der Waals surface area contributed by atoms with Gasteiger partial charge in [0.1, 0.15) is 11.9 Å². The first-order valence-electron chi connectivity index (χ1n) is 4.92. The molecule has 1 heterocycles. The van der Waals surface area contributed by atoms with Crippen molar-refractivity contribution in [1.29, 1.82) is 0 Å². The van der Waals surface area contributed by atoms with Crippen LogP contribution in [-0.2, 0) is 11.8 Å². The second-order valence-corrected chi connectivity index (χ2v) is 3.48. The van der Waals surface area contributed by atoms with Crippen LogP contribution in [0.15, 0.2) is 24.3 Å². The number of aromatic nitrogens is 2. The van der Waals surface area contributed by atoms with Crippen LogP contribution in [-0.4, -0.2) is 23.2 Å². The van der Waals surface area contributed by atoms with Crippen molar-refractivity contribution in [2.24, 2.45) is 12.8 Å². The highest BCUT2D eigenvalue weighted by Gasteiger charge is 2.15. The Bertz CT molecular complexity index is 460. The second kappa shape index (κ2) is 4.00. The van der Waals surface area contributed by atoms with Gasteiger partial charge in [0, 0.05) is 20.7 Å². The summed E-state index contributed by atoms with van der Waals surface area (Å²) in [6.45, 7) is 0.438. The van der Waals surface area contributed by atoms with Gasteiger partial charge in [0.15, 0.2) is 0 Å². The zero-order chi connectivity index (χ0) is 10.8. The summed E-state index contributed by atoms with van der Waals surface area (Å²) < 4.78 is 7.31. The van der Waals surface area contributed by atoms with Crippen molar-refractivity contribution < 1.29 is 4.74 Å². The summed E-state index contributed by atoms with van der Waals surface area (Å²) in [7, 11) is 3.63.